The second-order valence-electron chi connectivity index (χ2n) is 4.39. The molecule has 6 nitrogen and oxygen atoms in total. The van der Waals surface area contributed by atoms with Crippen molar-refractivity contribution >= 4 is 11.9 Å². The molecule has 0 spiro atoms. The summed E-state index contributed by atoms with van der Waals surface area (Å²) in [6.07, 6.45) is -0.534. The van der Waals surface area contributed by atoms with Crippen molar-refractivity contribution in [2.75, 3.05) is 6.61 Å². The molecule has 0 saturated carbocycles. The largest absolute Gasteiger partial charge is 0.494 e. The van der Waals surface area contributed by atoms with Gasteiger partial charge >= 0.3 is 5.97 Å². The quantitative estimate of drug-likeness (QED) is 0.612. The predicted molar refractivity (Wildman–Crippen MR) is 72.4 cm³/mol. The molecule has 0 radical (unpaired) electrons. The third-order valence-corrected chi connectivity index (χ3v) is 2.63. The minimum Gasteiger partial charge on any atom is -0.494 e. The molecule has 3 N–H and O–H groups in total. The number of benzene rings is 1. The highest BCUT2D eigenvalue weighted by molar-refractivity contribution is 5.83. The van der Waals surface area contributed by atoms with Crippen LogP contribution in [0.3, 0.4) is 0 Å². The van der Waals surface area contributed by atoms with Crippen molar-refractivity contribution in [2.45, 2.75) is 31.9 Å². The van der Waals surface area contributed by atoms with Crippen molar-refractivity contribution in [1.82, 2.24) is 5.32 Å². The fraction of sp³-hybridized carbons (Fsp3) is 0.429. The Morgan fingerprint density at radius 1 is 1.30 bits per heavy atom. The number of aliphatic carboxylic acids is 1. The Morgan fingerprint density at radius 2 is 1.95 bits per heavy atom. The van der Waals surface area contributed by atoms with Crippen LogP contribution in [0.25, 0.3) is 0 Å². The molecule has 110 valence electrons. The van der Waals surface area contributed by atoms with E-state index >= 15 is 0 Å². The van der Waals surface area contributed by atoms with Gasteiger partial charge in [0.15, 0.2) is 6.04 Å². The Balaban J connectivity index is 2.24. The SMILES string of the molecule is C[C@@H](O)[C@H](NC(=O)CCCOc1ccccc1)C(=O)O. The summed E-state index contributed by atoms with van der Waals surface area (Å²) in [5.74, 6) is -0.954. The highest BCUT2D eigenvalue weighted by Gasteiger charge is 2.24. The first kappa shape index (κ1) is 16.0. The number of carboxylic acids is 1. The summed E-state index contributed by atoms with van der Waals surface area (Å²) in [5, 5.41) is 20.3. The molecular formula is C14H19NO5. The lowest BCUT2D eigenvalue weighted by Crippen LogP contribution is -2.47. The molecule has 0 aromatic heterocycles. The van der Waals surface area contributed by atoms with Crippen LogP contribution in [0.5, 0.6) is 5.75 Å². The van der Waals surface area contributed by atoms with Gasteiger partial charge in [0.25, 0.3) is 0 Å². The zero-order valence-electron chi connectivity index (χ0n) is 11.3. The maximum atomic E-state index is 11.5. The minimum atomic E-state index is -1.28. The van der Waals surface area contributed by atoms with Crippen LogP contribution in [0, 0.1) is 0 Å². The number of aliphatic hydroxyl groups excluding tert-OH is 1. The molecule has 2 atom stereocenters. The molecule has 1 aromatic rings. The molecule has 20 heavy (non-hydrogen) atoms. The van der Waals surface area contributed by atoms with E-state index in [4.69, 9.17) is 9.84 Å². The van der Waals surface area contributed by atoms with Gasteiger partial charge in [-0.2, -0.15) is 0 Å². The second-order valence-corrected chi connectivity index (χ2v) is 4.39. The molecule has 0 aliphatic carbocycles. The van der Waals surface area contributed by atoms with Crippen LogP contribution < -0.4 is 10.1 Å². The molecule has 0 heterocycles. The van der Waals surface area contributed by atoms with Gasteiger partial charge in [0.05, 0.1) is 12.7 Å². The molecule has 0 unspecified atom stereocenters. The maximum absolute atomic E-state index is 11.5. The average Bonchev–Trinajstić information content (AvgIpc) is 2.41. The van der Waals surface area contributed by atoms with E-state index in [2.05, 4.69) is 5.32 Å². The van der Waals surface area contributed by atoms with Gasteiger partial charge in [-0.05, 0) is 25.5 Å². The van der Waals surface area contributed by atoms with E-state index in [0.29, 0.717) is 13.0 Å². The van der Waals surface area contributed by atoms with E-state index in [0.717, 1.165) is 5.75 Å². The van der Waals surface area contributed by atoms with E-state index in [9.17, 15) is 14.7 Å². The topological polar surface area (TPSA) is 95.9 Å². The first-order valence-corrected chi connectivity index (χ1v) is 6.39. The van der Waals surface area contributed by atoms with Crippen molar-refractivity contribution in [3.05, 3.63) is 30.3 Å². The first-order valence-electron chi connectivity index (χ1n) is 6.39. The molecule has 0 bridgehead atoms. The number of hydrogen-bond donors (Lipinski definition) is 3. The van der Waals surface area contributed by atoms with Gasteiger partial charge in [0.1, 0.15) is 5.75 Å². The van der Waals surface area contributed by atoms with Gasteiger partial charge in [-0.3, -0.25) is 4.79 Å². The Morgan fingerprint density at radius 3 is 2.50 bits per heavy atom. The number of hydrogen-bond acceptors (Lipinski definition) is 4. The number of rotatable bonds is 8. The van der Waals surface area contributed by atoms with Crippen LogP contribution in [0.15, 0.2) is 30.3 Å². The van der Waals surface area contributed by atoms with Crippen LogP contribution in [-0.4, -0.2) is 40.8 Å². The molecule has 6 heteroatoms. The van der Waals surface area contributed by atoms with E-state index in [-0.39, 0.29) is 6.42 Å². The van der Waals surface area contributed by atoms with Crippen LogP contribution in [0.4, 0.5) is 0 Å². The summed E-state index contributed by atoms with van der Waals surface area (Å²) >= 11 is 0. The lowest BCUT2D eigenvalue weighted by Gasteiger charge is -2.16. The van der Waals surface area contributed by atoms with Crippen molar-refractivity contribution in [1.29, 1.82) is 0 Å². The van der Waals surface area contributed by atoms with Gasteiger partial charge in [-0.15, -0.1) is 0 Å². The molecule has 0 saturated heterocycles. The molecule has 0 fully saturated rings. The number of ether oxygens (including phenoxy) is 1. The lowest BCUT2D eigenvalue weighted by molar-refractivity contribution is -0.144. The maximum Gasteiger partial charge on any atom is 0.328 e. The van der Waals surface area contributed by atoms with Gasteiger partial charge < -0.3 is 20.3 Å². The van der Waals surface area contributed by atoms with Gasteiger partial charge in [-0.1, -0.05) is 18.2 Å². The van der Waals surface area contributed by atoms with Gasteiger partial charge in [0.2, 0.25) is 5.91 Å². The predicted octanol–water partition coefficient (Wildman–Crippen LogP) is 0.796. The number of nitrogens with one attached hydrogen (secondary N) is 1. The number of para-hydroxylation sites is 1. The summed E-state index contributed by atoms with van der Waals surface area (Å²) in [6, 6.07) is 7.92. The van der Waals surface area contributed by atoms with Gasteiger partial charge in [-0.25, -0.2) is 4.79 Å². The van der Waals surface area contributed by atoms with E-state index in [1.807, 2.05) is 30.3 Å². The summed E-state index contributed by atoms with van der Waals surface area (Å²) in [7, 11) is 0. The number of aliphatic hydroxyl groups is 1. The van der Waals surface area contributed by atoms with Crippen molar-refractivity contribution in [3.63, 3.8) is 0 Å². The number of amides is 1. The zero-order chi connectivity index (χ0) is 15.0. The number of carbonyl (C=O) groups excluding carboxylic acids is 1. The number of carbonyl (C=O) groups is 2. The first-order chi connectivity index (χ1) is 9.50. The molecule has 1 amide bonds. The highest BCUT2D eigenvalue weighted by atomic mass is 16.5. The third kappa shape index (κ3) is 5.71. The van der Waals surface area contributed by atoms with Crippen LogP contribution in [0.1, 0.15) is 19.8 Å². The summed E-state index contributed by atoms with van der Waals surface area (Å²) in [6.45, 7) is 1.68. The van der Waals surface area contributed by atoms with Crippen LogP contribution >= 0.6 is 0 Å². The Bertz CT molecular complexity index is 432. The Kier molecular flexibility index (Phi) is 6.52. The van der Waals surface area contributed by atoms with E-state index in [1.165, 1.54) is 6.92 Å². The summed E-state index contributed by atoms with van der Waals surface area (Å²) in [5.41, 5.74) is 0. The monoisotopic (exact) mass is 281 g/mol. The lowest BCUT2D eigenvalue weighted by atomic mass is 10.1. The normalized spacial score (nSPS) is 13.3. The molecule has 1 aromatic carbocycles. The standard InChI is InChI=1S/C14H19NO5/c1-10(16)13(14(18)19)15-12(17)8-5-9-20-11-6-3-2-4-7-11/h2-4,6-7,10,13,16H,5,8-9H2,1H3,(H,15,17)(H,18,19)/t10-,13+/m1/s1. The van der Waals surface area contributed by atoms with E-state index < -0.39 is 24.0 Å². The Hall–Kier alpha value is -2.08. The third-order valence-electron chi connectivity index (χ3n) is 2.63. The second kappa shape index (κ2) is 8.16. The minimum absolute atomic E-state index is 0.142. The van der Waals surface area contributed by atoms with E-state index in [1.54, 1.807) is 0 Å². The fourth-order valence-electron chi connectivity index (χ4n) is 1.57. The molecule has 0 aliphatic heterocycles. The van der Waals surface area contributed by atoms with Crippen LogP contribution in [-0.2, 0) is 9.59 Å². The summed E-state index contributed by atoms with van der Waals surface area (Å²) in [4.78, 5) is 22.3. The van der Waals surface area contributed by atoms with Gasteiger partial charge in [0, 0.05) is 6.42 Å². The van der Waals surface area contributed by atoms with Crippen molar-refractivity contribution < 1.29 is 24.5 Å². The van der Waals surface area contributed by atoms with Crippen molar-refractivity contribution in [3.8, 4) is 5.75 Å². The zero-order valence-corrected chi connectivity index (χ0v) is 11.3. The average molecular weight is 281 g/mol. The van der Waals surface area contributed by atoms with Crippen molar-refractivity contribution in [2.24, 2.45) is 0 Å². The smallest absolute Gasteiger partial charge is 0.328 e. The highest BCUT2D eigenvalue weighted by Crippen LogP contribution is 2.08. The number of carboxylic acid groups (broad SMARTS) is 1. The van der Waals surface area contributed by atoms with Crippen LogP contribution in [0.2, 0.25) is 0 Å². The Labute approximate surface area is 117 Å². The fourth-order valence-corrected chi connectivity index (χ4v) is 1.57. The summed E-state index contributed by atoms with van der Waals surface area (Å²) < 4.78 is 5.41. The molecular weight excluding hydrogens is 262 g/mol. The molecule has 1 rings (SSSR count). The molecule has 0 aliphatic rings.